The first-order valence-corrected chi connectivity index (χ1v) is 8.25. The molecule has 5 nitrogen and oxygen atoms in total. The van der Waals surface area contributed by atoms with Gasteiger partial charge in [0.05, 0.1) is 31.7 Å². The standard InChI is InChI=1S/C11H14O.C9H10N2O2.H2/c1-12-11-7-6-9-4-2-3-5-10(9)8-11;1-3-11-8-6-10-5-4-7(8)9(12)13-2;/h6-8H,2-5H2,1H3;3-6,11H,1H2,2H3;1H. The SMILES string of the molecule is C=CNc1cnccc1C(=O)OC.COc1ccc2c(c1)CCCC2.[HH]. The summed E-state index contributed by atoms with van der Waals surface area (Å²) < 4.78 is 9.76. The minimum Gasteiger partial charge on any atom is -0.497 e. The third kappa shape index (κ3) is 5.08. The van der Waals surface area contributed by atoms with E-state index in [9.17, 15) is 4.79 Å². The number of methoxy groups -OCH3 is 2. The predicted molar refractivity (Wildman–Crippen MR) is 101 cm³/mol. The number of aryl methyl sites for hydroxylation is 2. The average Bonchev–Trinajstić information content (AvgIpc) is 2.68. The topological polar surface area (TPSA) is 60.5 Å². The second-order valence-corrected chi connectivity index (χ2v) is 5.60. The Morgan fingerprint density at radius 1 is 1.24 bits per heavy atom. The number of anilines is 1. The van der Waals surface area contributed by atoms with Crippen LogP contribution in [0.2, 0.25) is 0 Å². The van der Waals surface area contributed by atoms with Crippen LogP contribution in [0, 0.1) is 0 Å². The van der Waals surface area contributed by atoms with Gasteiger partial charge < -0.3 is 14.8 Å². The first-order valence-electron chi connectivity index (χ1n) is 8.25. The van der Waals surface area contributed by atoms with E-state index in [4.69, 9.17) is 4.74 Å². The third-order valence-electron chi connectivity index (χ3n) is 4.04. The Labute approximate surface area is 150 Å². The predicted octanol–water partition coefficient (Wildman–Crippen LogP) is 4.24. The van der Waals surface area contributed by atoms with Crippen LogP contribution in [-0.2, 0) is 17.6 Å². The van der Waals surface area contributed by atoms with E-state index in [-0.39, 0.29) is 1.43 Å². The molecule has 1 N–H and O–H groups in total. The van der Waals surface area contributed by atoms with Crippen molar-refractivity contribution in [1.82, 2.24) is 4.98 Å². The van der Waals surface area contributed by atoms with Crippen molar-refractivity contribution < 1.29 is 15.7 Å². The maximum absolute atomic E-state index is 11.2. The van der Waals surface area contributed by atoms with E-state index in [1.54, 1.807) is 13.2 Å². The molecule has 3 rings (SSSR count). The molecule has 1 aromatic heterocycles. The van der Waals surface area contributed by atoms with Crippen LogP contribution in [0.3, 0.4) is 0 Å². The highest BCUT2D eigenvalue weighted by atomic mass is 16.5. The summed E-state index contributed by atoms with van der Waals surface area (Å²) in [5.41, 5.74) is 4.03. The van der Waals surface area contributed by atoms with E-state index in [1.807, 2.05) is 0 Å². The lowest BCUT2D eigenvalue weighted by atomic mass is 9.92. The van der Waals surface area contributed by atoms with E-state index in [0.29, 0.717) is 11.3 Å². The van der Waals surface area contributed by atoms with Crippen molar-refractivity contribution in [2.24, 2.45) is 0 Å². The van der Waals surface area contributed by atoms with Gasteiger partial charge in [0.25, 0.3) is 0 Å². The molecular formula is C20H26N2O3. The van der Waals surface area contributed by atoms with Gasteiger partial charge >= 0.3 is 5.97 Å². The number of aromatic nitrogens is 1. The fourth-order valence-electron chi connectivity index (χ4n) is 2.74. The number of carbonyl (C=O) groups excluding carboxylic acids is 1. The minimum atomic E-state index is -0.397. The largest absolute Gasteiger partial charge is 0.497 e. The van der Waals surface area contributed by atoms with Gasteiger partial charge in [0.15, 0.2) is 0 Å². The fraction of sp³-hybridized carbons (Fsp3) is 0.300. The minimum absolute atomic E-state index is 0. The average molecular weight is 342 g/mol. The summed E-state index contributed by atoms with van der Waals surface area (Å²) in [6, 6.07) is 8.02. The molecule has 2 aromatic rings. The molecule has 0 bridgehead atoms. The number of hydrogen-bond donors (Lipinski definition) is 1. The zero-order valence-corrected chi connectivity index (χ0v) is 14.7. The van der Waals surface area contributed by atoms with E-state index in [0.717, 1.165) is 5.75 Å². The van der Waals surface area contributed by atoms with E-state index in [1.165, 1.54) is 62.5 Å². The molecule has 1 aromatic carbocycles. The number of nitrogens with zero attached hydrogens (tertiary/aromatic N) is 1. The molecule has 0 amide bonds. The summed E-state index contributed by atoms with van der Waals surface area (Å²) in [7, 11) is 3.06. The molecule has 1 heterocycles. The van der Waals surface area contributed by atoms with Crippen molar-refractivity contribution >= 4 is 11.7 Å². The lowest BCUT2D eigenvalue weighted by molar-refractivity contribution is 0.0601. The van der Waals surface area contributed by atoms with Crippen LogP contribution in [0.5, 0.6) is 5.75 Å². The number of pyridine rings is 1. The number of rotatable bonds is 4. The Morgan fingerprint density at radius 2 is 2.00 bits per heavy atom. The molecule has 0 fully saturated rings. The first kappa shape index (κ1) is 18.5. The molecule has 0 aliphatic heterocycles. The van der Waals surface area contributed by atoms with Crippen LogP contribution < -0.4 is 10.1 Å². The quantitative estimate of drug-likeness (QED) is 0.842. The van der Waals surface area contributed by atoms with E-state index < -0.39 is 5.97 Å². The molecule has 134 valence electrons. The van der Waals surface area contributed by atoms with Gasteiger partial charge in [0, 0.05) is 7.62 Å². The van der Waals surface area contributed by atoms with Gasteiger partial charge in [-0.2, -0.15) is 0 Å². The summed E-state index contributed by atoms with van der Waals surface area (Å²) in [6.45, 7) is 3.49. The van der Waals surface area contributed by atoms with Crippen molar-refractivity contribution in [3.8, 4) is 5.75 Å². The molecule has 0 atom stereocenters. The maximum atomic E-state index is 11.2. The highest BCUT2D eigenvalue weighted by molar-refractivity contribution is 5.95. The van der Waals surface area contributed by atoms with Crippen LogP contribution in [0.15, 0.2) is 49.4 Å². The van der Waals surface area contributed by atoms with Crippen molar-refractivity contribution in [3.05, 3.63) is 66.1 Å². The zero-order valence-electron chi connectivity index (χ0n) is 14.7. The second kappa shape index (κ2) is 9.47. The summed E-state index contributed by atoms with van der Waals surface area (Å²) >= 11 is 0. The van der Waals surface area contributed by atoms with Gasteiger partial charge in [-0.25, -0.2) is 4.79 Å². The number of benzene rings is 1. The number of carbonyl (C=O) groups is 1. The van der Waals surface area contributed by atoms with Crippen molar-refractivity contribution in [1.29, 1.82) is 0 Å². The Morgan fingerprint density at radius 3 is 2.68 bits per heavy atom. The smallest absolute Gasteiger partial charge is 0.340 e. The Bertz CT molecular complexity index is 735. The van der Waals surface area contributed by atoms with Crippen molar-refractivity contribution in [3.63, 3.8) is 0 Å². The van der Waals surface area contributed by atoms with Gasteiger partial charge in [-0.15, -0.1) is 0 Å². The molecule has 5 heteroatoms. The first-order chi connectivity index (χ1) is 12.2. The number of ether oxygens (including phenoxy) is 2. The normalized spacial score (nSPS) is 12.1. The maximum Gasteiger partial charge on any atom is 0.340 e. The highest BCUT2D eigenvalue weighted by Gasteiger charge is 2.10. The molecule has 0 saturated carbocycles. The molecule has 1 aliphatic carbocycles. The summed E-state index contributed by atoms with van der Waals surface area (Å²) in [6.07, 6.45) is 9.70. The Hall–Kier alpha value is -2.82. The fourth-order valence-corrected chi connectivity index (χ4v) is 2.74. The molecule has 25 heavy (non-hydrogen) atoms. The van der Waals surface area contributed by atoms with Crippen LogP contribution in [0.25, 0.3) is 0 Å². The van der Waals surface area contributed by atoms with Gasteiger partial charge in [-0.3, -0.25) is 4.98 Å². The van der Waals surface area contributed by atoms with Gasteiger partial charge in [0.2, 0.25) is 0 Å². The summed E-state index contributed by atoms with van der Waals surface area (Å²) in [5.74, 6) is 0.599. The highest BCUT2D eigenvalue weighted by Crippen LogP contribution is 2.24. The van der Waals surface area contributed by atoms with Crippen LogP contribution >= 0.6 is 0 Å². The monoisotopic (exact) mass is 342 g/mol. The zero-order chi connectivity index (χ0) is 18.1. The molecule has 0 radical (unpaired) electrons. The van der Waals surface area contributed by atoms with Crippen LogP contribution in [0.4, 0.5) is 5.69 Å². The van der Waals surface area contributed by atoms with Crippen LogP contribution in [0.1, 0.15) is 35.8 Å². The lowest BCUT2D eigenvalue weighted by Gasteiger charge is -2.15. The molecule has 0 spiro atoms. The Balaban J connectivity index is 0.000000251. The van der Waals surface area contributed by atoms with E-state index >= 15 is 0 Å². The van der Waals surface area contributed by atoms with Gasteiger partial charge in [0.1, 0.15) is 5.75 Å². The lowest BCUT2D eigenvalue weighted by Crippen LogP contribution is -2.05. The number of hydrogen-bond acceptors (Lipinski definition) is 5. The third-order valence-corrected chi connectivity index (χ3v) is 4.04. The van der Waals surface area contributed by atoms with Crippen molar-refractivity contribution in [2.45, 2.75) is 25.7 Å². The number of fused-ring (bicyclic) bond motifs is 1. The molecule has 0 saturated heterocycles. The Kier molecular flexibility index (Phi) is 7.01. The molecule has 1 aliphatic rings. The van der Waals surface area contributed by atoms with E-state index in [2.05, 4.69) is 39.8 Å². The molecular weight excluding hydrogens is 316 g/mol. The van der Waals surface area contributed by atoms with Crippen LogP contribution in [-0.4, -0.2) is 25.2 Å². The second-order valence-electron chi connectivity index (χ2n) is 5.60. The number of nitrogens with one attached hydrogen (secondary N) is 1. The number of esters is 1. The van der Waals surface area contributed by atoms with Crippen molar-refractivity contribution in [2.75, 3.05) is 19.5 Å². The molecule has 0 unspecified atom stereocenters. The summed E-state index contributed by atoms with van der Waals surface area (Å²) in [5, 5.41) is 2.79. The summed E-state index contributed by atoms with van der Waals surface area (Å²) in [4.78, 5) is 15.0. The van der Waals surface area contributed by atoms with Gasteiger partial charge in [-0.05, 0) is 61.2 Å². The van der Waals surface area contributed by atoms with Gasteiger partial charge in [-0.1, -0.05) is 12.6 Å².